The van der Waals surface area contributed by atoms with Crippen LogP contribution in [0.5, 0.6) is 0 Å². The van der Waals surface area contributed by atoms with Crippen LogP contribution in [0.2, 0.25) is 0 Å². The first kappa shape index (κ1) is 27.7. The fraction of sp³-hybridized carbons (Fsp3) is 0.172. The van der Waals surface area contributed by atoms with Gasteiger partial charge in [-0.25, -0.2) is 13.2 Å². The van der Waals surface area contributed by atoms with Gasteiger partial charge in [-0.2, -0.15) is 13.2 Å². The van der Waals surface area contributed by atoms with Gasteiger partial charge < -0.3 is 10.3 Å². The summed E-state index contributed by atoms with van der Waals surface area (Å²) in [6.07, 6.45) is -1.27. The van der Waals surface area contributed by atoms with Crippen molar-refractivity contribution in [2.45, 2.75) is 31.5 Å². The molecule has 0 saturated heterocycles. The number of hydrogen-bond donors (Lipinski definition) is 1. The van der Waals surface area contributed by atoms with E-state index in [1.54, 1.807) is 12.1 Å². The van der Waals surface area contributed by atoms with Gasteiger partial charge in [-0.15, -0.1) is 0 Å². The molecule has 2 heterocycles. The zero-order chi connectivity index (χ0) is 28.3. The highest BCUT2D eigenvalue weighted by Gasteiger charge is 2.31. The molecule has 2 aromatic heterocycles. The molecule has 4 nitrogen and oxygen atoms in total. The molecule has 202 valence electrons. The summed E-state index contributed by atoms with van der Waals surface area (Å²) in [5.74, 6) is -3.32. The Morgan fingerprint density at radius 3 is 2.38 bits per heavy atom. The van der Waals surface area contributed by atoms with Gasteiger partial charge >= 0.3 is 6.18 Å². The lowest BCUT2D eigenvalue weighted by Gasteiger charge is -2.20. The minimum Gasteiger partial charge on any atom is -0.399 e. The lowest BCUT2D eigenvalue weighted by atomic mass is 9.86. The van der Waals surface area contributed by atoms with Crippen LogP contribution in [0, 0.1) is 17.5 Å². The molecule has 0 spiro atoms. The van der Waals surface area contributed by atoms with Crippen molar-refractivity contribution in [3.8, 4) is 11.1 Å². The number of ketones is 1. The van der Waals surface area contributed by atoms with Crippen molar-refractivity contribution in [1.82, 2.24) is 9.55 Å². The average Bonchev–Trinajstić information content (AvgIpc) is 3.32. The Hall–Kier alpha value is -4.34. The van der Waals surface area contributed by atoms with E-state index in [0.29, 0.717) is 16.8 Å². The fourth-order valence-electron chi connectivity index (χ4n) is 4.45. The molecule has 0 fully saturated rings. The van der Waals surface area contributed by atoms with Gasteiger partial charge in [0.05, 0.1) is 17.8 Å². The summed E-state index contributed by atoms with van der Waals surface area (Å²) < 4.78 is 82.3. The number of Topliss-reactive ketones (excluding diaryl/α,β-unsaturated/α-hetero) is 1. The Balaban J connectivity index is 1.71. The smallest absolute Gasteiger partial charge is 0.399 e. The minimum atomic E-state index is -4.55. The predicted molar refractivity (Wildman–Crippen MR) is 135 cm³/mol. The first-order valence-corrected chi connectivity index (χ1v) is 11.8. The van der Waals surface area contributed by atoms with Crippen molar-refractivity contribution in [1.29, 1.82) is 0 Å². The zero-order valence-corrected chi connectivity index (χ0v) is 20.5. The second-order valence-corrected chi connectivity index (χ2v) is 9.15. The van der Waals surface area contributed by atoms with Crippen LogP contribution >= 0.6 is 0 Å². The van der Waals surface area contributed by atoms with Crippen LogP contribution in [0.3, 0.4) is 0 Å². The molecule has 0 saturated carbocycles. The number of aromatic nitrogens is 2. The second kappa shape index (κ2) is 11.2. The van der Waals surface area contributed by atoms with Gasteiger partial charge in [-0.3, -0.25) is 9.78 Å². The molecular formula is C29H23F6N3O. The maximum atomic E-state index is 14.3. The molecule has 1 atom stereocenters. The monoisotopic (exact) mass is 543 g/mol. The number of nitrogens with zero attached hydrogens (tertiary/aromatic N) is 2. The molecule has 0 bridgehead atoms. The Morgan fingerprint density at radius 1 is 1.03 bits per heavy atom. The van der Waals surface area contributed by atoms with Crippen LogP contribution in [0.25, 0.3) is 16.8 Å². The molecule has 2 N–H and O–H groups in total. The molecule has 0 unspecified atom stereocenters. The van der Waals surface area contributed by atoms with E-state index in [2.05, 4.69) is 11.6 Å². The van der Waals surface area contributed by atoms with Gasteiger partial charge in [0, 0.05) is 53.8 Å². The fourth-order valence-corrected chi connectivity index (χ4v) is 4.45. The number of carbonyl (C=O) groups excluding carboxylic acids is 1. The highest BCUT2D eigenvalue weighted by molar-refractivity contribution is 5.80. The van der Waals surface area contributed by atoms with E-state index in [-0.39, 0.29) is 36.2 Å². The van der Waals surface area contributed by atoms with Crippen LogP contribution in [0.15, 0.2) is 79.8 Å². The summed E-state index contributed by atoms with van der Waals surface area (Å²) in [5.41, 5.74) is 6.61. The second-order valence-electron chi connectivity index (χ2n) is 9.15. The summed E-state index contributed by atoms with van der Waals surface area (Å²) in [7, 11) is 0. The largest absolute Gasteiger partial charge is 0.417 e. The predicted octanol–water partition coefficient (Wildman–Crippen LogP) is 6.90. The average molecular weight is 544 g/mol. The molecule has 0 aliphatic rings. The molecule has 0 aliphatic heterocycles. The lowest BCUT2D eigenvalue weighted by Crippen LogP contribution is -2.16. The molecule has 4 rings (SSSR count). The van der Waals surface area contributed by atoms with Crippen molar-refractivity contribution in [2.24, 2.45) is 5.73 Å². The highest BCUT2D eigenvalue weighted by Crippen LogP contribution is 2.34. The van der Waals surface area contributed by atoms with Crippen LogP contribution in [0.1, 0.15) is 34.7 Å². The number of benzene rings is 2. The molecule has 0 amide bonds. The molecule has 4 aromatic rings. The molecule has 10 heteroatoms. The Bertz CT molecular complexity index is 1510. The zero-order valence-electron chi connectivity index (χ0n) is 20.5. The summed E-state index contributed by atoms with van der Waals surface area (Å²) in [5, 5.41) is 0. The van der Waals surface area contributed by atoms with E-state index in [1.165, 1.54) is 24.4 Å². The molecular weight excluding hydrogens is 520 g/mol. The summed E-state index contributed by atoms with van der Waals surface area (Å²) in [6, 6.07) is 11.4. The maximum absolute atomic E-state index is 14.3. The van der Waals surface area contributed by atoms with Crippen molar-refractivity contribution in [3.63, 3.8) is 0 Å². The molecule has 39 heavy (non-hydrogen) atoms. The maximum Gasteiger partial charge on any atom is 0.417 e. The third-order valence-corrected chi connectivity index (χ3v) is 6.16. The number of halogens is 6. The van der Waals surface area contributed by atoms with E-state index in [9.17, 15) is 31.1 Å². The van der Waals surface area contributed by atoms with Crippen molar-refractivity contribution < 1.29 is 31.1 Å². The van der Waals surface area contributed by atoms with Crippen molar-refractivity contribution in [2.75, 3.05) is 0 Å². The van der Waals surface area contributed by atoms with Gasteiger partial charge in [0.15, 0.2) is 5.78 Å². The summed E-state index contributed by atoms with van der Waals surface area (Å²) >= 11 is 0. The van der Waals surface area contributed by atoms with E-state index in [4.69, 9.17) is 5.73 Å². The first-order chi connectivity index (χ1) is 18.4. The normalized spacial score (nSPS) is 12.4. The number of hydrogen-bond acceptors (Lipinski definition) is 3. The topological polar surface area (TPSA) is 60.9 Å². The quantitative estimate of drug-likeness (QED) is 0.234. The number of nitrogens with two attached hydrogens (primary N) is 1. The minimum absolute atomic E-state index is 0.00155. The van der Waals surface area contributed by atoms with Gasteiger partial charge in [-0.05, 0) is 53.9 Å². The van der Waals surface area contributed by atoms with Crippen LogP contribution in [0.4, 0.5) is 26.3 Å². The third-order valence-electron chi connectivity index (χ3n) is 6.16. The van der Waals surface area contributed by atoms with Crippen LogP contribution in [-0.4, -0.2) is 15.3 Å². The number of rotatable bonds is 9. The molecule has 2 aromatic carbocycles. The Kier molecular flexibility index (Phi) is 7.94. The summed E-state index contributed by atoms with van der Waals surface area (Å²) in [4.78, 5) is 17.5. The van der Waals surface area contributed by atoms with Gasteiger partial charge in [-0.1, -0.05) is 18.7 Å². The number of alkyl halides is 3. The van der Waals surface area contributed by atoms with E-state index in [1.807, 2.05) is 0 Å². The van der Waals surface area contributed by atoms with Gasteiger partial charge in [0.25, 0.3) is 0 Å². The lowest BCUT2D eigenvalue weighted by molar-refractivity contribution is -0.137. The Labute approximate surface area is 220 Å². The number of pyridine rings is 1. The SMILES string of the molecule is C=C(N)c1cc(-c2cccnc2[C@@H](CC(=O)Cn2ccc(C(F)(F)F)c2)Cc2cc(F)cc(F)c2)ccc1F. The van der Waals surface area contributed by atoms with E-state index < -0.39 is 40.9 Å². The Morgan fingerprint density at radius 2 is 1.74 bits per heavy atom. The standard InChI is InChI=1S/C29H23F6N3O/c1-17(36)26-13-19(4-5-27(26)32)25-3-2-7-37-28(25)20(9-18-10-22(30)14-23(31)11-18)12-24(39)16-38-8-6-21(15-38)29(33,34)35/h2-8,10-11,13-15,20H,1,9,12,16,36H2/t20-/m1/s1. The molecule has 0 radical (unpaired) electrons. The van der Waals surface area contributed by atoms with Gasteiger partial charge in [0.1, 0.15) is 17.5 Å². The third kappa shape index (κ3) is 6.76. The van der Waals surface area contributed by atoms with Crippen LogP contribution < -0.4 is 5.73 Å². The number of carbonyl (C=O) groups is 1. The first-order valence-electron chi connectivity index (χ1n) is 11.8. The summed E-state index contributed by atoms with van der Waals surface area (Å²) in [6.45, 7) is 3.23. The van der Waals surface area contributed by atoms with E-state index in [0.717, 1.165) is 41.2 Å². The molecule has 0 aliphatic carbocycles. The van der Waals surface area contributed by atoms with E-state index >= 15 is 0 Å². The van der Waals surface area contributed by atoms with Crippen LogP contribution in [-0.2, 0) is 23.9 Å². The highest BCUT2D eigenvalue weighted by atomic mass is 19.4. The van der Waals surface area contributed by atoms with Crippen molar-refractivity contribution >= 4 is 11.5 Å². The van der Waals surface area contributed by atoms with Gasteiger partial charge in [0.2, 0.25) is 0 Å². The van der Waals surface area contributed by atoms with Crippen molar-refractivity contribution in [3.05, 3.63) is 120 Å².